The van der Waals surface area contributed by atoms with Gasteiger partial charge in [-0.25, -0.2) is 4.79 Å². The van der Waals surface area contributed by atoms with Gasteiger partial charge in [-0.2, -0.15) is 0 Å². The summed E-state index contributed by atoms with van der Waals surface area (Å²) in [5.41, 5.74) is 4.61. The molecule has 2 aromatic carbocycles. The lowest BCUT2D eigenvalue weighted by Crippen LogP contribution is -2.28. The normalized spacial score (nSPS) is 18.8. The van der Waals surface area contributed by atoms with E-state index in [4.69, 9.17) is 14.2 Å². The third-order valence-corrected chi connectivity index (χ3v) is 6.34. The molecule has 0 radical (unpaired) electrons. The summed E-state index contributed by atoms with van der Waals surface area (Å²) in [5.74, 6) is 1.21. The van der Waals surface area contributed by atoms with Gasteiger partial charge in [0.1, 0.15) is 11.5 Å². The van der Waals surface area contributed by atoms with E-state index in [1.165, 1.54) is 5.56 Å². The van der Waals surface area contributed by atoms with Crippen molar-refractivity contribution in [2.75, 3.05) is 14.2 Å². The van der Waals surface area contributed by atoms with Gasteiger partial charge in [0.25, 0.3) is 0 Å². The first-order valence-electron chi connectivity index (χ1n) is 11.6. The molecule has 0 unspecified atom stereocenters. The third-order valence-electron chi connectivity index (χ3n) is 6.34. The Kier molecular flexibility index (Phi) is 7.09. The van der Waals surface area contributed by atoms with Gasteiger partial charge in [-0.15, -0.1) is 0 Å². The summed E-state index contributed by atoms with van der Waals surface area (Å²) in [6.07, 6.45) is 2.33. The minimum atomic E-state index is -0.354. The lowest BCUT2D eigenvalue weighted by molar-refractivity contribution is -0.131. The Morgan fingerprint density at radius 2 is 1.45 bits per heavy atom. The van der Waals surface area contributed by atoms with Gasteiger partial charge in [-0.05, 0) is 41.9 Å². The molecule has 2 atom stereocenters. The summed E-state index contributed by atoms with van der Waals surface area (Å²) < 4.78 is 17.3. The van der Waals surface area contributed by atoms with Crippen LogP contribution in [0.1, 0.15) is 76.1 Å². The monoisotopic (exact) mass is 450 g/mol. The number of hydrogen-bond acceptors (Lipinski definition) is 4. The maximum absolute atomic E-state index is 13.5. The standard InChI is InChI=1S/C29H38O4/c1-18-16-23(28(2,3)4)26(24(17-18)29(5,6)7)33-27(30)22-15-14-21(25(22)32-9)19-10-12-20(31-8)13-11-19/h10-13,15-17,21,25H,14H2,1-9H3/t21-,25-/m0/s1. The Morgan fingerprint density at radius 3 is 1.91 bits per heavy atom. The molecule has 4 nitrogen and oxygen atoms in total. The van der Waals surface area contributed by atoms with E-state index in [9.17, 15) is 4.79 Å². The molecule has 0 amide bonds. The zero-order valence-corrected chi connectivity index (χ0v) is 21.5. The Balaban J connectivity index is 1.95. The maximum atomic E-state index is 13.5. The zero-order chi connectivity index (χ0) is 24.6. The number of rotatable bonds is 5. The fourth-order valence-electron chi connectivity index (χ4n) is 4.51. The lowest BCUT2D eigenvalue weighted by Gasteiger charge is -2.30. The largest absolute Gasteiger partial charge is 0.497 e. The average Bonchev–Trinajstić information content (AvgIpc) is 3.17. The van der Waals surface area contributed by atoms with E-state index in [1.807, 2.05) is 30.3 Å². The van der Waals surface area contributed by atoms with Crippen molar-refractivity contribution in [1.29, 1.82) is 0 Å². The highest BCUT2D eigenvalue weighted by atomic mass is 16.5. The highest BCUT2D eigenvalue weighted by Gasteiger charge is 2.37. The summed E-state index contributed by atoms with van der Waals surface area (Å²) in [4.78, 5) is 13.5. The molecule has 33 heavy (non-hydrogen) atoms. The summed E-state index contributed by atoms with van der Waals surface area (Å²) in [7, 11) is 3.31. The molecule has 2 aromatic rings. The first kappa shape index (κ1) is 25.0. The van der Waals surface area contributed by atoms with E-state index < -0.39 is 0 Å². The maximum Gasteiger partial charge on any atom is 0.341 e. The predicted molar refractivity (Wildman–Crippen MR) is 133 cm³/mol. The Labute approximate surface area is 198 Å². The van der Waals surface area contributed by atoms with E-state index in [2.05, 4.69) is 60.6 Å². The van der Waals surface area contributed by atoms with Crippen LogP contribution >= 0.6 is 0 Å². The number of allylic oxidation sites excluding steroid dienone is 1. The number of aryl methyl sites for hydroxylation is 1. The van der Waals surface area contributed by atoms with Crippen LogP contribution in [0.25, 0.3) is 0 Å². The smallest absolute Gasteiger partial charge is 0.341 e. The van der Waals surface area contributed by atoms with Crippen molar-refractivity contribution in [2.45, 2.75) is 77.7 Å². The topological polar surface area (TPSA) is 44.8 Å². The lowest BCUT2D eigenvalue weighted by atomic mass is 9.78. The van der Waals surface area contributed by atoms with Crippen molar-refractivity contribution in [1.82, 2.24) is 0 Å². The van der Waals surface area contributed by atoms with Crippen LogP contribution in [-0.4, -0.2) is 26.3 Å². The summed E-state index contributed by atoms with van der Waals surface area (Å²) >= 11 is 0. The molecular formula is C29H38O4. The second kappa shape index (κ2) is 9.34. The first-order valence-corrected chi connectivity index (χ1v) is 11.6. The van der Waals surface area contributed by atoms with Crippen molar-refractivity contribution in [3.8, 4) is 11.5 Å². The number of hydrogen-bond donors (Lipinski definition) is 0. The molecule has 0 aliphatic heterocycles. The Morgan fingerprint density at radius 1 is 0.909 bits per heavy atom. The van der Waals surface area contributed by atoms with E-state index in [0.29, 0.717) is 11.3 Å². The third kappa shape index (κ3) is 5.33. The molecule has 0 N–H and O–H groups in total. The van der Waals surface area contributed by atoms with Crippen LogP contribution in [0.2, 0.25) is 0 Å². The fraction of sp³-hybridized carbons (Fsp3) is 0.483. The van der Waals surface area contributed by atoms with E-state index in [1.54, 1.807) is 14.2 Å². The van der Waals surface area contributed by atoms with Gasteiger partial charge >= 0.3 is 5.97 Å². The van der Waals surface area contributed by atoms with Gasteiger partial charge in [0.2, 0.25) is 0 Å². The molecule has 0 bridgehead atoms. The molecule has 4 heteroatoms. The molecule has 0 spiro atoms. The van der Waals surface area contributed by atoms with Crippen molar-refractivity contribution in [3.63, 3.8) is 0 Å². The fourth-order valence-corrected chi connectivity index (χ4v) is 4.51. The zero-order valence-electron chi connectivity index (χ0n) is 21.5. The second-order valence-corrected chi connectivity index (χ2v) is 11.0. The molecule has 0 heterocycles. The number of carbonyl (C=O) groups is 1. The van der Waals surface area contributed by atoms with Crippen LogP contribution < -0.4 is 9.47 Å². The molecule has 178 valence electrons. The van der Waals surface area contributed by atoms with Crippen LogP contribution in [0.4, 0.5) is 0 Å². The van der Waals surface area contributed by atoms with Gasteiger partial charge in [0.05, 0.1) is 18.8 Å². The molecule has 1 aliphatic carbocycles. The molecule has 0 saturated carbocycles. The number of esters is 1. The predicted octanol–water partition coefficient (Wildman–Crippen LogP) is 6.63. The summed E-state index contributed by atoms with van der Waals surface area (Å²) in [6, 6.07) is 12.2. The van der Waals surface area contributed by atoms with Gasteiger partial charge in [-0.1, -0.05) is 77.4 Å². The summed E-state index contributed by atoms with van der Waals surface area (Å²) in [5, 5.41) is 0. The van der Waals surface area contributed by atoms with Crippen LogP contribution in [0.3, 0.4) is 0 Å². The van der Waals surface area contributed by atoms with E-state index in [0.717, 1.165) is 28.9 Å². The van der Waals surface area contributed by atoms with E-state index >= 15 is 0 Å². The number of ether oxygens (including phenoxy) is 3. The van der Waals surface area contributed by atoms with Crippen molar-refractivity contribution < 1.29 is 19.0 Å². The van der Waals surface area contributed by atoms with Crippen molar-refractivity contribution >= 4 is 5.97 Å². The molecule has 0 aromatic heterocycles. The van der Waals surface area contributed by atoms with Crippen LogP contribution in [-0.2, 0) is 20.4 Å². The number of carbonyl (C=O) groups excluding carboxylic acids is 1. The number of methoxy groups -OCH3 is 2. The highest BCUT2D eigenvalue weighted by Crippen LogP contribution is 2.42. The van der Waals surface area contributed by atoms with Gasteiger partial charge in [0, 0.05) is 24.2 Å². The minimum absolute atomic E-state index is 0.0608. The average molecular weight is 451 g/mol. The molecule has 0 fully saturated rings. The second-order valence-electron chi connectivity index (χ2n) is 11.0. The Hall–Kier alpha value is -2.59. The van der Waals surface area contributed by atoms with Crippen molar-refractivity contribution in [3.05, 3.63) is 70.3 Å². The number of benzene rings is 2. The Bertz CT molecular complexity index is 998. The van der Waals surface area contributed by atoms with Crippen molar-refractivity contribution in [2.24, 2.45) is 0 Å². The van der Waals surface area contributed by atoms with Gasteiger partial charge in [-0.3, -0.25) is 0 Å². The van der Waals surface area contributed by atoms with Crippen LogP contribution in [0, 0.1) is 6.92 Å². The first-order chi connectivity index (χ1) is 15.4. The molecule has 0 saturated heterocycles. The highest BCUT2D eigenvalue weighted by molar-refractivity contribution is 5.92. The quantitative estimate of drug-likeness (QED) is 0.379. The minimum Gasteiger partial charge on any atom is -0.497 e. The van der Waals surface area contributed by atoms with Crippen LogP contribution in [0.5, 0.6) is 11.5 Å². The molecular weight excluding hydrogens is 412 g/mol. The molecule has 1 aliphatic rings. The summed E-state index contributed by atoms with van der Waals surface area (Å²) in [6.45, 7) is 15.0. The van der Waals surface area contributed by atoms with Gasteiger partial charge in [0.15, 0.2) is 0 Å². The SMILES string of the molecule is COc1ccc([C@@H]2CC=C(C(=O)Oc3c(C(C)(C)C)cc(C)cc3C(C)(C)C)[C@H]2OC)cc1. The van der Waals surface area contributed by atoms with E-state index in [-0.39, 0.29) is 28.8 Å². The van der Waals surface area contributed by atoms with Crippen LogP contribution in [0.15, 0.2) is 48.0 Å². The van der Waals surface area contributed by atoms with Gasteiger partial charge < -0.3 is 14.2 Å². The molecule has 3 rings (SSSR count).